The van der Waals surface area contributed by atoms with Crippen LogP contribution in [0.15, 0.2) is 18.2 Å². The monoisotopic (exact) mass is 273 g/mol. The van der Waals surface area contributed by atoms with Gasteiger partial charge in [0.05, 0.1) is 12.1 Å². The van der Waals surface area contributed by atoms with Gasteiger partial charge in [0.25, 0.3) is 5.91 Å². The fourth-order valence-corrected chi connectivity index (χ4v) is 1.81. The zero-order valence-corrected chi connectivity index (χ0v) is 11.0. The molecule has 0 radical (unpaired) electrons. The number of nitrogens with zero attached hydrogens (tertiary/aromatic N) is 3. The number of nitrogens with one attached hydrogen (secondary N) is 1. The summed E-state index contributed by atoms with van der Waals surface area (Å²) in [7, 11) is 0. The average Bonchev–Trinajstić information content (AvgIpc) is 2.90. The van der Waals surface area contributed by atoms with Crippen molar-refractivity contribution in [3.63, 3.8) is 0 Å². The molecule has 0 aliphatic rings. The summed E-state index contributed by atoms with van der Waals surface area (Å²) in [6.07, 6.45) is 0. The van der Waals surface area contributed by atoms with E-state index in [2.05, 4.69) is 32.0 Å². The number of benzene rings is 1. The fourth-order valence-electron chi connectivity index (χ4n) is 1.45. The van der Waals surface area contributed by atoms with Crippen molar-refractivity contribution in [1.29, 1.82) is 0 Å². The Balaban J connectivity index is 2.31. The molecule has 2 aromatic rings. The lowest BCUT2D eigenvalue weighted by Gasteiger charge is -2.05. The van der Waals surface area contributed by atoms with Crippen molar-refractivity contribution in [3.8, 4) is 11.8 Å². The molecule has 1 aromatic heterocycles. The first-order chi connectivity index (χ1) is 9.20. The van der Waals surface area contributed by atoms with E-state index in [1.165, 1.54) is 0 Å². The molecule has 0 unspecified atom stereocenters. The molecule has 1 heterocycles. The van der Waals surface area contributed by atoms with E-state index in [9.17, 15) is 4.79 Å². The smallest absolute Gasteiger partial charge is 0.258 e. The van der Waals surface area contributed by atoms with Crippen LogP contribution in [0.4, 0.5) is 5.13 Å². The first-order valence-electron chi connectivity index (χ1n) is 5.46. The lowest BCUT2D eigenvalue weighted by molar-refractivity contribution is 0.102. The summed E-state index contributed by atoms with van der Waals surface area (Å²) in [6.45, 7) is 2.15. The highest BCUT2D eigenvalue weighted by Crippen LogP contribution is 2.14. The van der Waals surface area contributed by atoms with E-state index in [4.69, 9.17) is 5.73 Å². The van der Waals surface area contributed by atoms with Gasteiger partial charge in [-0.15, -0.1) is 0 Å². The zero-order chi connectivity index (χ0) is 13.7. The van der Waals surface area contributed by atoms with Crippen molar-refractivity contribution in [1.82, 2.24) is 14.8 Å². The highest BCUT2D eigenvalue weighted by molar-refractivity contribution is 7.09. The third-order valence-electron chi connectivity index (χ3n) is 2.26. The molecule has 7 heteroatoms. The molecule has 0 saturated carbocycles. The lowest BCUT2D eigenvalue weighted by Crippen LogP contribution is -2.13. The Hall–Kier alpha value is -2.30. The van der Waals surface area contributed by atoms with Crippen LogP contribution in [-0.2, 0) is 0 Å². The van der Waals surface area contributed by atoms with Gasteiger partial charge in [0, 0.05) is 17.1 Å². The van der Waals surface area contributed by atoms with Crippen molar-refractivity contribution in [2.24, 2.45) is 5.73 Å². The van der Waals surface area contributed by atoms with Crippen LogP contribution in [0.3, 0.4) is 0 Å². The Labute approximate surface area is 114 Å². The van der Waals surface area contributed by atoms with Crippen molar-refractivity contribution < 1.29 is 4.79 Å². The van der Waals surface area contributed by atoms with Crippen molar-refractivity contribution >= 4 is 22.6 Å². The molecule has 0 spiro atoms. The summed E-state index contributed by atoms with van der Waals surface area (Å²) in [4.78, 5) is 12.1. The van der Waals surface area contributed by atoms with Gasteiger partial charge in [-0.1, -0.05) is 33.1 Å². The SMILES string of the molecule is Cc1ccc(C#CCN)c(C(=O)Nc2nnns2)c1. The number of anilines is 1. The Morgan fingerprint density at radius 3 is 3.05 bits per heavy atom. The van der Waals surface area contributed by atoms with Gasteiger partial charge in [-0.3, -0.25) is 10.1 Å². The van der Waals surface area contributed by atoms with Crippen LogP contribution in [0.5, 0.6) is 0 Å². The summed E-state index contributed by atoms with van der Waals surface area (Å²) < 4.78 is 3.58. The van der Waals surface area contributed by atoms with Crippen LogP contribution in [0.25, 0.3) is 0 Å². The molecule has 0 aliphatic heterocycles. The standard InChI is InChI=1S/C12H11N5OS/c1-8-4-5-9(3-2-6-13)10(7-8)11(18)14-12-15-16-17-19-12/h4-5,7H,6,13H2,1H3,(H,14,15,17,18). The number of carbonyl (C=O) groups is 1. The molecule has 6 nitrogen and oxygen atoms in total. The van der Waals surface area contributed by atoms with E-state index in [0.717, 1.165) is 17.1 Å². The van der Waals surface area contributed by atoms with Gasteiger partial charge in [0.2, 0.25) is 5.13 Å². The number of carbonyl (C=O) groups excluding carboxylic acids is 1. The van der Waals surface area contributed by atoms with Crippen molar-refractivity contribution in [2.45, 2.75) is 6.92 Å². The molecule has 1 amide bonds. The minimum Gasteiger partial charge on any atom is -0.320 e. The van der Waals surface area contributed by atoms with Gasteiger partial charge in [-0.25, -0.2) is 0 Å². The predicted molar refractivity (Wildman–Crippen MR) is 72.8 cm³/mol. The first kappa shape index (κ1) is 13.1. The molecule has 2 rings (SSSR count). The summed E-state index contributed by atoms with van der Waals surface area (Å²) >= 11 is 1.01. The Morgan fingerprint density at radius 1 is 1.53 bits per heavy atom. The van der Waals surface area contributed by atoms with E-state index < -0.39 is 0 Å². The second-order valence-corrected chi connectivity index (χ2v) is 4.41. The third-order valence-corrected chi connectivity index (χ3v) is 2.78. The molecule has 0 aliphatic carbocycles. The molecule has 0 saturated heterocycles. The van der Waals surface area contributed by atoms with E-state index in [0.29, 0.717) is 16.3 Å². The van der Waals surface area contributed by atoms with E-state index in [1.54, 1.807) is 12.1 Å². The van der Waals surface area contributed by atoms with Gasteiger partial charge < -0.3 is 5.73 Å². The number of aryl methyl sites for hydroxylation is 1. The van der Waals surface area contributed by atoms with Crippen LogP contribution in [0.1, 0.15) is 21.5 Å². The molecule has 19 heavy (non-hydrogen) atoms. The summed E-state index contributed by atoms with van der Waals surface area (Å²) in [6, 6.07) is 5.46. The number of amides is 1. The second-order valence-electron chi connectivity index (χ2n) is 3.68. The maximum absolute atomic E-state index is 12.1. The van der Waals surface area contributed by atoms with Gasteiger partial charge in [-0.05, 0) is 24.3 Å². The molecule has 96 valence electrons. The summed E-state index contributed by atoms with van der Waals surface area (Å²) in [5, 5.41) is 10.1. The predicted octanol–water partition coefficient (Wildman–Crippen LogP) is 0.804. The van der Waals surface area contributed by atoms with Crippen LogP contribution < -0.4 is 11.1 Å². The Kier molecular flexibility index (Phi) is 4.18. The van der Waals surface area contributed by atoms with E-state index >= 15 is 0 Å². The first-order valence-corrected chi connectivity index (χ1v) is 6.24. The molecule has 0 bridgehead atoms. The van der Waals surface area contributed by atoms with E-state index in [1.807, 2.05) is 13.0 Å². The number of hydrogen-bond acceptors (Lipinski definition) is 6. The maximum Gasteiger partial charge on any atom is 0.258 e. The summed E-state index contributed by atoms with van der Waals surface area (Å²) in [5.41, 5.74) is 7.43. The van der Waals surface area contributed by atoms with Crippen LogP contribution in [0, 0.1) is 18.8 Å². The molecule has 0 fully saturated rings. The lowest BCUT2D eigenvalue weighted by atomic mass is 10.0. The number of aromatic nitrogens is 3. The van der Waals surface area contributed by atoms with Crippen LogP contribution in [-0.4, -0.2) is 27.3 Å². The van der Waals surface area contributed by atoms with Gasteiger partial charge in [0.1, 0.15) is 0 Å². The average molecular weight is 273 g/mol. The number of nitrogens with two attached hydrogens (primary N) is 1. The topological polar surface area (TPSA) is 93.8 Å². The normalized spacial score (nSPS) is 9.58. The number of hydrogen-bond donors (Lipinski definition) is 2. The quantitative estimate of drug-likeness (QED) is 0.789. The molecule has 1 aromatic carbocycles. The minimum absolute atomic E-state index is 0.245. The second kappa shape index (κ2) is 6.04. The maximum atomic E-state index is 12.1. The highest BCUT2D eigenvalue weighted by atomic mass is 32.1. The Morgan fingerprint density at radius 2 is 2.37 bits per heavy atom. The highest BCUT2D eigenvalue weighted by Gasteiger charge is 2.12. The third kappa shape index (κ3) is 3.34. The zero-order valence-electron chi connectivity index (χ0n) is 10.2. The van der Waals surface area contributed by atoms with Crippen molar-refractivity contribution in [2.75, 3.05) is 11.9 Å². The van der Waals surface area contributed by atoms with Gasteiger partial charge in [0.15, 0.2) is 0 Å². The van der Waals surface area contributed by atoms with Crippen LogP contribution >= 0.6 is 11.5 Å². The molecular formula is C12H11N5OS. The van der Waals surface area contributed by atoms with Gasteiger partial charge >= 0.3 is 0 Å². The fraction of sp³-hybridized carbons (Fsp3) is 0.167. The minimum atomic E-state index is -0.288. The Bertz CT molecular complexity index is 642. The molecule has 3 N–H and O–H groups in total. The number of rotatable bonds is 2. The largest absolute Gasteiger partial charge is 0.320 e. The molecule has 0 atom stereocenters. The van der Waals surface area contributed by atoms with Crippen LogP contribution in [0.2, 0.25) is 0 Å². The van der Waals surface area contributed by atoms with E-state index in [-0.39, 0.29) is 12.5 Å². The summed E-state index contributed by atoms with van der Waals surface area (Å²) in [5.74, 6) is 5.33. The van der Waals surface area contributed by atoms with Crippen molar-refractivity contribution in [3.05, 3.63) is 34.9 Å². The molecular weight excluding hydrogens is 262 g/mol. The van der Waals surface area contributed by atoms with Gasteiger partial charge in [-0.2, -0.15) is 0 Å².